The van der Waals surface area contributed by atoms with Gasteiger partial charge in [-0.15, -0.1) is 0 Å². The van der Waals surface area contributed by atoms with Crippen molar-refractivity contribution in [3.63, 3.8) is 0 Å². The van der Waals surface area contributed by atoms with Crippen LogP contribution in [0.5, 0.6) is 11.6 Å². The van der Waals surface area contributed by atoms with E-state index in [4.69, 9.17) is 9.47 Å². The second-order valence-electron chi connectivity index (χ2n) is 9.35. The maximum Gasteiger partial charge on any atom is 0.417 e. The Hall–Kier alpha value is -4.20. The fourth-order valence-electron chi connectivity index (χ4n) is 3.91. The summed E-state index contributed by atoms with van der Waals surface area (Å²) in [4.78, 5) is 16.8. The Morgan fingerprint density at radius 2 is 1.79 bits per heavy atom. The first-order valence-electron chi connectivity index (χ1n) is 11.8. The number of nitriles is 1. The smallest absolute Gasteiger partial charge is 0.417 e. The van der Waals surface area contributed by atoms with Crippen LogP contribution in [-0.4, -0.2) is 29.4 Å². The lowest BCUT2D eigenvalue weighted by molar-refractivity contribution is -0.138. The Kier molecular flexibility index (Phi) is 9.11. The molecule has 11 heteroatoms. The third kappa shape index (κ3) is 7.89. The number of hydrogen-bond donors (Lipinski definition) is 1. The number of halogens is 5. The van der Waals surface area contributed by atoms with Gasteiger partial charge in [-0.25, -0.2) is 13.8 Å². The Balaban J connectivity index is 1.82. The Bertz CT molecular complexity index is 1320. The highest BCUT2D eigenvalue weighted by atomic mass is 19.4. The molecule has 0 bridgehead atoms. The predicted molar refractivity (Wildman–Crippen MR) is 132 cm³/mol. The van der Waals surface area contributed by atoms with Crippen LogP contribution in [0.25, 0.3) is 0 Å². The molecule has 0 spiro atoms. The predicted octanol–water partition coefficient (Wildman–Crippen LogP) is 6.11. The van der Waals surface area contributed by atoms with E-state index in [0.717, 1.165) is 23.8 Å². The first-order valence-corrected chi connectivity index (χ1v) is 11.8. The number of aromatic nitrogens is 1. The van der Waals surface area contributed by atoms with Gasteiger partial charge in [0.05, 0.1) is 17.2 Å². The van der Waals surface area contributed by atoms with Crippen LogP contribution in [0, 0.1) is 17.1 Å². The van der Waals surface area contributed by atoms with Crippen LogP contribution in [0.4, 0.5) is 22.0 Å². The van der Waals surface area contributed by atoms with E-state index in [2.05, 4.69) is 10.3 Å². The van der Waals surface area contributed by atoms with Gasteiger partial charge in [-0.2, -0.15) is 18.4 Å². The maximum absolute atomic E-state index is 14.3. The molecular weight excluding hydrogens is 521 g/mol. The van der Waals surface area contributed by atoms with Gasteiger partial charge in [-0.3, -0.25) is 4.79 Å². The van der Waals surface area contributed by atoms with E-state index < -0.39 is 47.9 Å². The molecule has 0 saturated carbocycles. The summed E-state index contributed by atoms with van der Waals surface area (Å²) in [6.45, 7) is 3.59. The van der Waals surface area contributed by atoms with Crippen LogP contribution in [0.3, 0.4) is 0 Å². The van der Waals surface area contributed by atoms with E-state index in [0.29, 0.717) is 23.9 Å². The number of benzene rings is 2. The summed E-state index contributed by atoms with van der Waals surface area (Å²) in [5.74, 6) is -1.56. The number of carbonyl (C=O) groups excluding carboxylic acids is 1. The average Bonchev–Trinajstić information content (AvgIpc) is 2.87. The van der Waals surface area contributed by atoms with Gasteiger partial charge in [0.25, 0.3) is 5.91 Å². The van der Waals surface area contributed by atoms with Gasteiger partial charge >= 0.3 is 6.18 Å². The van der Waals surface area contributed by atoms with E-state index in [-0.39, 0.29) is 11.4 Å². The van der Waals surface area contributed by atoms with E-state index >= 15 is 0 Å². The number of nitrogens with one attached hydrogen (secondary N) is 1. The van der Waals surface area contributed by atoms with Gasteiger partial charge in [0.1, 0.15) is 11.6 Å². The molecule has 0 radical (unpaired) electrons. The third-order valence-corrected chi connectivity index (χ3v) is 6.01. The van der Waals surface area contributed by atoms with Gasteiger partial charge in [-0.05, 0) is 74.7 Å². The second kappa shape index (κ2) is 12.1. The molecule has 206 valence electrons. The first-order chi connectivity index (χ1) is 18.3. The monoisotopic (exact) mass is 547 g/mol. The number of carbonyl (C=O) groups is 1. The maximum atomic E-state index is 14.3. The Morgan fingerprint density at radius 1 is 1.10 bits per heavy atom. The highest BCUT2D eigenvalue weighted by molar-refractivity contribution is 5.85. The van der Waals surface area contributed by atoms with Crippen molar-refractivity contribution in [2.24, 2.45) is 0 Å². The van der Waals surface area contributed by atoms with E-state index in [1.54, 1.807) is 31.2 Å². The number of alkyl halides is 4. The molecule has 1 aromatic heterocycles. The van der Waals surface area contributed by atoms with Crippen molar-refractivity contribution in [3.8, 4) is 17.7 Å². The fourth-order valence-corrected chi connectivity index (χ4v) is 3.91. The van der Waals surface area contributed by atoms with Crippen LogP contribution in [0.15, 0.2) is 60.8 Å². The molecule has 1 amide bonds. The van der Waals surface area contributed by atoms with E-state index in [1.165, 1.54) is 26.0 Å². The summed E-state index contributed by atoms with van der Waals surface area (Å²) in [6, 6.07) is 13.6. The van der Waals surface area contributed by atoms with Gasteiger partial charge in [-0.1, -0.05) is 12.1 Å². The molecule has 0 fully saturated rings. The summed E-state index contributed by atoms with van der Waals surface area (Å²) >= 11 is 0. The van der Waals surface area contributed by atoms with Crippen molar-refractivity contribution in [2.75, 3.05) is 6.86 Å². The lowest BCUT2D eigenvalue weighted by atomic mass is 9.85. The van der Waals surface area contributed by atoms with Gasteiger partial charge < -0.3 is 14.8 Å². The molecule has 0 aliphatic carbocycles. The number of amides is 1. The van der Waals surface area contributed by atoms with Crippen LogP contribution < -0.4 is 14.8 Å². The van der Waals surface area contributed by atoms with E-state index in [1.807, 2.05) is 6.07 Å². The van der Waals surface area contributed by atoms with Crippen molar-refractivity contribution < 1.29 is 36.2 Å². The van der Waals surface area contributed by atoms with Crippen LogP contribution in [-0.2, 0) is 17.4 Å². The molecule has 2 atom stereocenters. The third-order valence-electron chi connectivity index (χ3n) is 6.01. The van der Waals surface area contributed by atoms with E-state index in [9.17, 15) is 32.0 Å². The number of nitrogens with zero attached hydrogens (tertiary/aromatic N) is 2. The molecule has 1 heterocycles. The summed E-state index contributed by atoms with van der Waals surface area (Å²) < 4.78 is 75.7. The molecular formula is C28H26F5N3O3. The minimum Gasteiger partial charge on any atom is -0.463 e. The number of pyridine rings is 1. The zero-order chi connectivity index (χ0) is 28.8. The van der Waals surface area contributed by atoms with Crippen molar-refractivity contribution in [1.82, 2.24) is 10.3 Å². The highest BCUT2D eigenvalue weighted by Crippen LogP contribution is 2.31. The number of rotatable bonds is 10. The average molecular weight is 548 g/mol. The lowest BCUT2D eigenvalue weighted by Gasteiger charge is -2.30. The lowest BCUT2D eigenvalue weighted by Crippen LogP contribution is -2.51. The van der Waals surface area contributed by atoms with Crippen molar-refractivity contribution >= 4 is 5.91 Å². The van der Waals surface area contributed by atoms with Crippen LogP contribution >= 0.6 is 0 Å². The summed E-state index contributed by atoms with van der Waals surface area (Å²) in [5, 5.41) is 12.1. The van der Waals surface area contributed by atoms with Crippen molar-refractivity contribution in [3.05, 3.63) is 88.9 Å². The molecule has 6 nitrogen and oxygen atoms in total. The zero-order valence-corrected chi connectivity index (χ0v) is 21.4. The molecule has 3 aromatic rings. The highest BCUT2D eigenvalue weighted by Gasteiger charge is 2.35. The van der Waals surface area contributed by atoms with Crippen LogP contribution in [0.1, 0.15) is 48.9 Å². The summed E-state index contributed by atoms with van der Waals surface area (Å²) in [7, 11) is 0. The number of ether oxygens (including phenoxy) is 2. The topological polar surface area (TPSA) is 84.2 Å². The number of hydrogen-bond acceptors (Lipinski definition) is 5. The van der Waals surface area contributed by atoms with Gasteiger partial charge in [0.2, 0.25) is 12.7 Å². The largest absolute Gasteiger partial charge is 0.463 e. The zero-order valence-electron chi connectivity index (χ0n) is 21.4. The van der Waals surface area contributed by atoms with Gasteiger partial charge in [0.15, 0.2) is 5.60 Å². The normalized spacial score (nSPS) is 13.2. The van der Waals surface area contributed by atoms with Crippen LogP contribution in [0.2, 0.25) is 0 Å². The van der Waals surface area contributed by atoms with Gasteiger partial charge in [0, 0.05) is 24.2 Å². The Morgan fingerprint density at radius 3 is 2.36 bits per heavy atom. The molecule has 0 saturated heterocycles. The first kappa shape index (κ1) is 29.4. The minimum atomic E-state index is -4.56. The fraction of sp³-hybridized carbons (Fsp3) is 0.321. The summed E-state index contributed by atoms with van der Waals surface area (Å²) in [6.07, 6.45) is -3.64. The summed E-state index contributed by atoms with van der Waals surface area (Å²) in [5.41, 5.74) is -1.13. The SMILES string of the molecule is CC(NC(=O)C(C)(C)Oc1ccc(C(F)(F)F)cn1)C(Cc1ccc(OCF)cc1)c1cc(F)cc(C#N)c1. The molecule has 2 unspecified atom stereocenters. The van der Waals surface area contributed by atoms with Crippen molar-refractivity contribution in [1.29, 1.82) is 5.26 Å². The molecule has 1 N–H and O–H groups in total. The quantitative estimate of drug-likeness (QED) is 0.310. The molecule has 39 heavy (non-hydrogen) atoms. The molecule has 0 aliphatic heterocycles. The minimum absolute atomic E-state index is 0.109. The molecule has 2 aromatic carbocycles. The molecule has 3 rings (SSSR count). The standard InChI is InChI=1S/C28H26F5N3O3/c1-17(36-26(37)27(2,3)39-25-9-6-21(15-35-25)28(31,32)33)24(20-10-19(14-34)11-22(30)13-20)12-18-4-7-23(8-5-18)38-16-29/h4-11,13,15,17,24H,12,16H2,1-3H3,(H,36,37). The molecule has 0 aliphatic rings. The second-order valence-corrected chi connectivity index (χ2v) is 9.35. The Labute approximate surface area is 222 Å². The van der Waals surface area contributed by atoms with Crippen molar-refractivity contribution in [2.45, 2.75) is 50.9 Å².